The molecule has 0 aliphatic carbocycles. The molecule has 164 valence electrons. The highest BCUT2D eigenvalue weighted by molar-refractivity contribution is 8.19. The molecule has 0 saturated carbocycles. The Morgan fingerprint density at radius 1 is 0.909 bits per heavy atom. The van der Waals surface area contributed by atoms with Gasteiger partial charge >= 0.3 is 0 Å². The van der Waals surface area contributed by atoms with Gasteiger partial charge < -0.3 is 4.90 Å². The van der Waals surface area contributed by atoms with Gasteiger partial charge in [0.25, 0.3) is 5.91 Å². The Hall–Kier alpha value is -3.29. The van der Waals surface area contributed by atoms with Crippen molar-refractivity contribution in [1.29, 1.82) is 0 Å². The zero-order valence-electron chi connectivity index (χ0n) is 18.2. The SMILES string of the molecule is CC(=O)c1ccccc1N=C1SC(=C2Sc3ccccc3N2C)C(=O)N1Cc1ccccc1. The molecule has 2 aliphatic rings. The number of fused-ring (bicyclic) bond motifs is 1. The number of amides is 1. The number of carbonyl (C=O) groups excluding carboxylic acids is 2. The summed E-state index contributed by atoms with van der Waals surface area (Å²) in [5.41, 5.74) is 3.21. The summed E-state index contributed by atoms with van der Waals surface area (Å²) in [5.74, 6) is -0.135. The molecule has 1 saturated heterocycles. The van der Waals surface area contributed by atoms with Crippen LogP contribution in [0.5, 0.6) is 0 Å². The highest BCUT2D eigenvalue weighted by atomic mass is 32.2. The smallest absolute Gasteiger partial charge is 0.269 e. The van der Waals surface area contributed by atoms with Crippen LogP contribution in [-0.2, 0) is 11.3 Å². The number of rotatable bonds is 4. The van der Waals surface area contributed by atoms with Crippen LogP contribution in [-0.4, -0.2) is 28.8 Å². The van der Waals surface area contributed by atoms with Crippen molar-refractivity contribution in [3.05, 3.63) is 99.9 Å². The van der Waals surface area contributed by atoms with E-state index in [4.69, 9.17) is 4.99 Å². The van der Waals surface area contributed by atoms with Gasteiger partial charge in [0.15, 0.2) is 11.0 Å². The number of hydrogen-bond acceptors (Lipinski definition) is 6. The second-order valence-electron chi connectivity index (χ2n) is 7.71. The summed E-state index contributed by atoms with van der Waals surface area (Å²) in [5, 5.41) is 1.47. The van der Waals surface area contributed by atoms with Crippen LogP contribution in [0.3, 0.4) is 0 Å². The summed E-state index contributed by atoms with van der Waals surface area (Å²) in [6.07, 6.45) is 0. The van der Waals surface area contributed by atoms with Gasteiger partial charge in [0, 0.05) is 17.5 Å². The van der Waals surface area contributed by atoms with Gasteiger partial charge in [-0.3, -0.25) is 14.5 Å². The molecule has 0 radical (unpaired) electrons. The summed E-state index contributed by atoms with van der Waals surface area (Å²) in [4.78, 5) is 36.2. The van der Waals surface area contributed by atoms with E-state index >= 15 is 0 Å². The fraction of sp³-hybridized carbons (Fsp3) is 0.115. The molecule has 1 fully saturated rings. The lowest BCUT2D eigenvalue weighted by molar-refractivity contribution is -0.122. The molecule has 5 nitrogen and oxygen atoms in total. The van der Waals surface area contributed by atoms with E-state index in [1.807, 2.05) is 67.7 Å². The number of para-hydroxylation sites is 2. The number of benzene rings is 3. The van der Waals surface area contributed by atoms with Crippen LogP contribution in [0.1, 0.15) is 22.8 Å². The molecule has 5 rings (SSSR count). The molecule has 0 unspecified atom stereocenters. The first-order valence-corrected chi connectivity index (χ1v) is 12.1. The molecule has 33 heavy (non-hydrogen) atoms. The minimum Gasteiger partial charge on any atom is -0.337 e. The fourth-order valence-electron chi connectivity index (χ4n) is 3.80. The maximum Gasteiger partial charge on any atom is 0.269 e. The summed E-state index contributed by atoms with van der Waals surface area (Å²) in [7, 11) is 1.98. The van der Waals surface area contributed by atoms with Crippen LogP contribution in [0, 0.1) is 0 Å². The molecule has 0 N–H and O–H groups in total. The van der Waals surface area contributed by atoms with Crippen LogP contribution < -0.4 is 4.90 Å². The van der Waals surface area contributed by atoms with E-state index in [0.29, 0.717) is 27.9 Å². The molecule has 1 amide bonds. The highest BCUT2D eigenvalue weighted by Gasteiger charge is 2.39. The number of ketones is 1. The summed E-state index contributed by atoms with van der Waals surface area (Å²) < 4.78 is 0. The third-order valence-electron chi connectivity index (χ3n) is 5.48. The third kappa shape index (κ3) is 4.10. The molecular formula is C26H21N3O2S2. The minimum atomic E-state index is -0.0786. The predicted octanol–water partition coefficient (Wildman–Crippen LogP) is 6.06. The lowest BCUT2D eigenvalue weighted by Crippen LogP contribution is -2.29. The van der Waals surface area contributed by atoms with E-state index in [0.717, 1.165) is 21.2 Å². The maximum atomic E-state index is 13.7. The zero-order valence-corrected chi connectivity index (χ0v) is 19.8. The van der Waals surface area contributed by atoms with E-state index in [1.165, 1.54) is 18.7 Å². The molecule has 3 aromatic rings. The van der Waals surface area contributed by atoms with Gasteiger partial charge in [-0.05, 0) is 48.5 Å². The van der Waals surface area contributed by atoms with Crippen molar-refractivity contribution in [1.82, 2.24) is 4.90 Å². The molecule has 3 aromatic carbocycles. The van der Waals surface area contributed by atoms with Crippen molar-refractivity contribution >= 4 is 51.8 Å². The second kappa shape index (κ2) is 8.92. The summed E-state index contributed by atoms with van der Waals surface area (Å²) >= 11 is 2.96. The average molecular weight is 472 g/mol. The van der Waals surface area contributed by atoms with E-state index in [2.05, 4.69) is 17.0 Å². The van der Waals surface area contributed by atoms with Crippen molar-refractivity contribution in [2.24, 2.45) is 4.99 Å². The Bertz CT molecular complexity index is 1320. The van der Waals surface area contributed by atoms with Crippen molar-refractivity contribution < 1.29 is 9.59 Å². The standard InChI is InChI=1S/C26H21N3O2S2/c1-17(30)19-12-6-7-13-20(19)27-26-29(16-18-10-4-3-5-11-18)24(31)23(33-26)25-28(2)21-14-8-9-15-22(21)32-25/h3-15H,16H2,1-2H3. The summed E-state index contributed by atoms with van der Waals surface area (Å²) in [6.45, 7) is 1.94. The fourth-order valence-corrected chi connectivity index (χ4v) is 6.13. The molecule has 2 heterocycles. The topological polar surface area (TPSA) is 53.0 Å². The lowest BCUT2D eigenvalue weighted by Gasteiger charge is -2.17. The van der Waals surface area contributed by atoms with Gasteiger partial charge in [0.2, 0.25) is 0 Å². The summed E-state index contributed by atoms with van der Waals surface area (Å²) in [6, 6.07) is 25.2. The number of carbonyl (C=O) groups is 2. The number of amidine groups is 1. The third-order valence-corrected chi connectivity index (χ3v) is 7.91. The first-order chi connectivity index (χ1) is 16.0. The second-order valence-corrected chi connectivity index (χ2v) is 9.72. The number of aliphatic imine (C=N–C) groups is 1. The Kier molecular flexibility index (Phi) is 5.83. The van der Waals surface area contributed by atoms with E-state index in [-0.39, 0.29) is 11.7 Å². The van der Waals surface area contributed by atoms with Crippen molar-refractivity contribution in [2.75, 3.05) is 11.9 Å². The van der Waals surface area contributed by atoms with Crippen molar-refractivity contribution in [2.45, 2.75) is 18.4 Å². The molecule has 0 bridgehead atoms. The number of hydrogen-bond donors (Lipinski definition) is 0. The maximum absolute atomic E-state index is 13.7. The Morgan fingerprint density at radius 3 is 2.36 bits per heavy atom. The molecule has 0 atom stereocenters. The number of Topliss-reactive ketones (excluding diaryl/α,β-unsaturated/α-hetero) is 1. The number of thioether (sulfide) groups is 2. The predicted molar refractivity (Wildman–Crippen MR) is 136 cm³/mol. The van der Waals surface area contributed by atoms with Crippen molar-refractivity contribution in [3.8, 4) is 0 Å². The molecule has 7 heteroatoms. The van der Waals surface area contributed by atoms with Gasteiger partial charge in [0.05, 0.1) is 22.9 Å². The average Bonchev–Trinajstić information content (AvgIpc) is 3.32. The van der Waals surface area contributed by atoms with Gasteiger partial charge in [-0.2, -0.15) is 0 Å². The van der Waals surface area contributed by atoms with Gasteiger partial charge in [-0.15, -0.1) is 0 Å². The van der Waals surface area contributed by atoms with Crippen LogP contribution in [0.15, 0.2) is 98.7 Å². The molecule has 2 aliphatic heterocycles. The first kappa shape index (κ1) is 21.6. The zero-order chi connectivity index (χ0) is 22.9. The molecule has 0 aromatic heterocycles. The quantitative estimate of drug-likeness (QED) is 0.342. The Morgan fingerprint density at radius 2 is 1.61 bits per heavy atom. The first-order valence-electron chi connectivity index (χ1n) is 10.5. The van der Waals surface area contributed by atoms with Crippen LogP contribution in [0.25, 0.3) is 0 Å². The normalized spacial score (nSPS) is 18.8. The number of anilines is 1. The van der Waals surface area contributed by atoms with Crippen LogP contribution in [0.4, 0.5) is 11.4 Å². The molecular weight excluding hydrogens is 450 g/mol. The van der Waals surface area contributed by atoms with Gasteiger partial charge in [0.1, 0.15) is 4.91 Å². The lowest BCUT2D eigenvalue weighted by atomic mass is 10.1. The minimum absolute atomic E-state index is 0.0565. The molecule has 0 spiro atoms. The Labute approximate surface area is 201 Å². The van der Waals surface area contributed by atoms with Gasteiger partial charge in [-0.1, -0.05) is 66.4 Å². The highest BCUT2D eigenvalue weighted by Crippen LogP contribution is 2.50. The van der Waals surface area contributed by atoms with Gasteiger partial charge in [-0.25, -0.2) is 4.99 Å². The van der Waals surface area contributed by atoms with E-state index in [9.17, 15) is 9.59 Å². The van der Waals surface area contributed by atoms with E-state index < -0.39 is 0 Å². The monoisotopic (exact) mass is 471 g/mol. The number of nitrogens with zero attached hydrogens (tertiary/aromatic N) is 3. The van der Waals surface area contributed by atoms with E-state index in [1.54, 1.807) is 22.7 Å². The van der Waals surface area contributed by atoms with Crippen LogP contribution in [0.2, 0.25) is 0 Å². The Balaban J connectivity index is 1.59. The van der Waals surface area contributed by atoms with Crippen molar-refractivity contribution in [3.63, 3.8) is 0 Å². The largest absolute Gasteiger partial charge is 0.337 e. The van der Waals surface area contributed by atoms with Crippen LogP contribution >= 0.6 is 23.5 Å².